The summed E-state index contributed by atoms with van der Waals surface area (Å²) in [6, 6.07) is 96.5. The third kappa shape index (κ3) is 10.4. The molecule has 0 spiro atoms. The minimum Gasteiger partial charge on any atom is -0.354 e. The fourth-order valence-electron chi connectivity index (χ4n) is 11.7. The van der Waals surface area contributed by atoms with Crippen LogP contribution < -0.4 is 0 Å². The van der Waals surface area contributed by atoms with E-state index in [1.807, 2.05) is 113 Å². The van der Waals surface area contributed by atoms with Gasteiger partial charge in [-0.25, -0.2) is 19.9 Å². The highest BCUT2D eigenvalue weighted by molar-refractivity contribution is 7.37. The van der Waals surface area contributed by atoms with Gasteiger partial charge in [-0.1, -0.05) is 242 Å². The number of rotatable bonds is 8. The van der Waals surface area contributed by atoms with Gasteiger partial charge in [-0.2, -0.15) is 0 Å². The highest BCUT2D eigenvalue weighted by Gasteiger charge is 2.23. The molecule has 0 saturated carbocycles. The number of hydrogen-bond acceptors (Lipinski definition) is 7. The van der Waals surface area contributed by atoms with E-state index in [0.29, 0.717) is 16.8 Å². The number of nitrogens with zero attached hydrogens (tertiary/aromatic N) is 5. The Hall–Kier alpha value is -10.1. The van der Waals surface area contributed by atoms with Crippen molar-refractivity contribution in [2.75, 3.05) is 0 Å². The molecule has 0 aliphatic carbocycles. The highest BCUT2D eigenvalue weighted by Crippen LogP contribution is 2.49. The van der Waals surface area contributed by atoms with E-state index in [-0.39, 0.29) is 0 Å². The topological polar surface area (TPSA) is 72.3 Å². The molecule has 0 bridgehead atoms. The van der Waals surface area contributed by atoms with Gasteiger partial charge >= 0.3 is 0 Å². The van der Waals surface area contributed by atoms with Gasteiger partial charge in [0, 0.05) is 65.5 Å². The maximum Gasteiger partial charge on any atom is 0.162 e. The van der Waals surface area contributed by atoms with Gasteiger partial charge in [-0.05, 0) is 89.0 Å². The second-order valence-corrected chi connectivity index (χ2v) is 25.1. The highest BCUT2D eigenvalue weighted by atomic mass is 35.5. The third-order valence-corrected chi connectivity index (χ3v) is 20.1. The summed E-state index contributed by atoms with van der Waals surface area (Å²) in [5.74, 6) is 2.22. The van der Waals surface area contributed by atoms with Crippen molar-refractivity contribution in [3.05, 3.63) is 295 Å². The molecule has 7 heterocycles. The fraction of sp³-hybridized carbons (Fsp3) is 0.0256. The Balaban J connectivity index is 0.000000122. The number of H-pyrrole nitrogens is 1. The molecule has 0 atom stereocenters. The van der Waals surface area contributed by atoms with E-state index in [2.05, 4.69) is 223 Å². The molecule has 0 aliphatic heterocycles. The van der Waals surface area contributed by atoms with Crippen LogP contribution in [0.15, 0.2) is 279 Å². The van der Waals surface area contributed by atoms with Crippen LogP contribution in [0.5, 0.6) is 0 Å². The normalized spacial score (nSPS) is 11.4. The molecule has 0 saturated heterocycles. The van der Waals surface area contributed by atoms with E-state index in [0.717, 1.165) is 56.1 Å². The van der Waals surface area contributed by atoms with Crippen LogP contribution in [0.2, 0.25) is 5.15 Å². The number of nitrogens with one attached hydrogen (secondary N) is 1. The van der Waals surface area contributed by atoms with E-state index in [1.54, 1.807) is 6.07 Å². The van der Waals surface area contributed by atoms with Crippen LogP contribution in [0, 0.1) is 13.8 Å². The monoisotopic (exact) mass is 1200 g/mol. The van der Waals surface area contributed by atoms with E-state index >= 15 is 0 Å². The lowest BCUT2D eigenvalue weighted by molar-refractivity contribution is 1.05. The van der Waals surface area contributed by atoms with Crippen LogP contribution in [0.25, 0.3) is 146 Å². The molecule has 10 aromatic carbocycles. The van der Waals surface area contributed by atoms with Crippen molar-refractivity contribution in [2.24, 2.45) is 0 Å². The van der Waals surface area contributed by atoms with E-state index in [4.69, 9.17) is 26.6 Å². The molecule has 6 nitrogen and oxygen atoms in total. The van der Waals surface area contributed by atoms with Crippen LogP contribution in [0.4, 0.5) is 0 Å². The minimum atomic E-state index is 0.439. The number of aromatic nitrogens is 6. The number of aromatic amines is 1. The summed E-state index contributed by atoms with van der Waals surface area (Å²) in [6.45, 7) is 4.43. The molecular formula is C78H53ClN6S3. The number of benzene rings is 10. The van der Waals surface area contributed by atoms with Gasteiger partial charge in [0.25, 0.3) is 0 Å². The predicted molar refractivity (Wildman–Crippen MR) is 375 cm³/mol. The first-order valence-electron chi connectivity index (χ1n) is 29.1. The molecule has 7 aromatic heterocycles. The first-order valence-corrected chi connectivity index (χ1v) is 32.0. The van der Waals surface area contributed by atoms with Gasteiger partial charge in [-0.15, -0.1) is 34.0 Å². The van der Waals surface area contributed by atoms with Crippen LogP contribution in [0.1, 0.15) is 11.1 Å². The van der Waals surface area contributed by atoms with Gasteiger partial charge < -0.3 is 4.98 Å². The molecule has 0 amide bonds. The smallest absolute Gasteiger partial charge is 0.162 e. The number of para-hydroxylation sites is 2. The summed E-state index contributed by atoms with van der Waals surface area (Å²) in [4.78, 5) is 24.4. The zero-order valence-electron chi connectivity index (χ0n) is 47.9. The lowest BCUT2D eigenvalue weighted by atomic mass is 10.0. The quantitative estimate of drug-likeness (QED) is 0.154. The molecule has 0 aliphatic rings. The molecule has 88 heavy (non-hydrogen) atoms. The first-order chi connectivity index (χ1) is 43.4. The maximum atomic E-state index is 6.26. The fourth-order valence-corrected chi connectivity index (χ4v) is 16.0. The van der Waals surface area contributed by atoms with Crippen molar-refractivity contribution in [2.45, 2.75) is 13.8 Å². The summed E-state index contributed by atoms with van der Waals surface area (Å²) < 4.78 is 8.99. The number of fused-ring (bicyclic) bond motifs is 9. The average Bonchev–Trinajstić information content (AvgIpc) is 1.60. The Labute approximate surface area is 526 Å². The van der Waals surface area contributed by atoms with Crippen molar-refractivity contribution in [3.8, 4) is 83.9 Å². The van der Waals surface area contributed by atoms with Crippen molar-refractivity contribution < 1.29 is 0 Å². The number of halogens is 1. The zero-order valence-corrected chi connectivity index (χ0v) is 51.1. The van der Waals surface area contributed by atoms with E-state index < -0.39 is 0 Å². The van der Waals surface area contributed by atoms with Crippen LogP contribution >= 0.6 is 45.6 Å². The van der Waals surface area contributed by atoms with Gasteiger partial charge in [0.1, 0.15) is 11.0 Å². The Bertz CT molecular complexity index is 5300. The Morgan fingerprint density at radius 1 is 0.352 bits per heavy atom. The van der Waals surface area contributed by atoms with E-state index in [9.17, 15) is 0 Å². The van der Waals surface area contributed by atoms with Crippen LogP contribution in [0.3, 0.4) is 0 Å². The van der Waals surface area contributed by atoms with Gasteiger partial charge in [0.15, 0.2) is 11.6 Å². The summed E-state index contributed by atoms with van der Waals surface area (Å²) in [5, 5.41) is 5.70. The third-order valence-electron chi connectivity index (χ3n) is 16.1. The van der Waals surface area contributed by atoms with Gasteiger partial charge in [-0.3, -0.25) is 4.57 Å². The molecule has 0 fully saturated rings. The van der Waals surface area contributed by atoms with Crippen molar-refractivity contribution >= 4 is 107 Å². The second kappa shape index (κ2) is 23.6. The summed E-state index contributed by atoms with van der Waals surface area (Å²) in [5.41, 5.74) is 18.0. The average molecular weight is 1210 g/mol. The Morgan fingerprint density at radius 3 is 1.43 bits per heavy atom. The maximum absolute atomic E-state index is 6.26. The molecule has 17 aromatic rings. The molecule has 1 N–H and O–H groups in total. The standard InChI is InChI=1S/C38H23N3S2.C22H15ClN2.C18H15NS/c1-3-12-24(13-4-1)26-16-11-17-27(22-26)30-23-33(40-38(39-30)25-14-5-2-6-15-25)41-31-20-9-7-18-28(31)35-34(41)37-36(43-35)29-19-8-10-21-32(29)42-37;23-21-15-20(24-22(25-21)17-10-5-2-6-11-17)19-13-7-12-18(14-19)16-8-3-1-4-9-16;1-11-13-7-3-5-9-15(13)19-17(11)18-12(2)14-8-4-6-10-16(14)20-18/h1-23H;1-15H;3-10,19H,1-2H3. The molecule has 17 rings (SSSR count). The molecule has 10 heteroatoms. The zero-order chi connectivity index (χ0) is 59.1. The lowest BCUT2D eigenvalue weighted by Crippen LogP contribution is -2.02. The number of thiophene rings is 3. The molecule has 0 radical (unpaired) electrons. The lowest BCUT2D eigenvalue weighted by Gasteiger charge is -2.12. The van der Waals surface area contributed by atoms with Crippen LogP contribution in [-0.2, 0) is 0 Å². The van der Waals surface area contributed by atoms with Crippen molar-refractivity contribution in [1.82, 2.24) is 29.5 Å². The number of aryl methyl sites for hydroxylation is 2. The largest absolute Gasteiger partial charge is 0.354 e. The molecule has 0 unspecified atom stereocenters. The summed E-state index contributed by atoms with van der Waals surface area (Å²) in [7, 11) is 0. The second-order valence-electron chi connectivity index (χ2n) is 21.6. The van der Waals surface area contributed by atoms with Gasteiger partial charge in [0.2, 0.25) is 0 Å². The summed E-state index contributed by atoms with van der Waals surface area (Å²) >= 11 is 11.9. The van der Waals surface area contributed by atoms with Gasteiger partial charge in [0.05, 0.1) is 47.1 Å². The van der Waals surface area contributed by atoms with Crippen LogP contribution in [-0.4, -0.2) is 29.5 Å². The Morgan fingerprint density at radius 2 is 0.830 bits per heavy atom. The van der Waals surface area contributed by atoms with Crippen molar-refractivity contribution in [3.63, 3.8) is 0 Å². The molecule has 420 valence electrons. The SMILES string of the molecule is Cc1c(-c2sc3ccccc3c2C)[nH]c2ccccc12.Clc1cc(-c2cccc(-c3ccccc3)c2)nc(-c2ccccc2)n1.c1ccc(-c2cccc(-c3cc(-n4c5ccccc5c5sc6c7ccccc7sc6c54)nc(-c4ccccc4)n3)c2)cc1. The Kier molecular flexibility index (Phi) is 14.6. The first kappa shape index (κ1) is 54.5. The minimum absolute atomic E-state index is 0.439. The molecular weight excluding hydrogens is 1150 g/mol. The van der Waals surface area contributed by atoms with Crippen molar-refractivity contribution in [1.29, 1.82) is 0 Å². The predicted octanol–water partition coefficient (Wildman–Crippen LogP) is 22.8. The number of hydrogen-bond donors (Lipinski definition) is 1. The van der Waals surface area contributed by atoms with E-state index in [1.165, 1.54) is 88.9 Å². The summed E-state index contributed by atoms with van der Waals surface area (Å²) in [6.07, 6.45) is 0.